The molecule has 2 fully saturated rings. The zero-order valence-electron chi connectivity index (χ0n) is 18.1. The van der Waals surface area contributed by atoms with Crippen molar-refractivity contribution in [3.63, 3.8) is 0 Å². The van der Waals surface area contributed by atoms with Gasteiger partial charge in [-0.1, -0.05) is 17.7 Å². The van der Waals surface area contributed by atoms with E-state index in [-0.39, 0.29) is 30.2 Å². The van der Waals surface area contributed by atoms with Crippen molar-refractivity contribution in [2.45, 2.75) is 45.1 Å². The first kappa shape index (κ1) is 22.3. The summed E-state index contributed by atoms with van der Waals surface area (Å²) < 4.78 is 4.95. The van der Waals surface area contributed by atoms with Crippen molar-refractivity contribution in [3.8, 4) is 0 Å². The maximum Gasteiger partial charge on any atom is 0.251 e. The molecule has 0 bridgehead atoms. The van der Waals surface area contributed by atoms with Crippen LogP contribution in [0.2, 0.25) is 0 Å². The minimum Gasteiger partial charge on any atom is -0.375 e. The van der Waals surface area contributed by atoms with E-state index in [4.69, 9.17) is 4.74 Å². The molecule has 2 aliphatic heterocycles. The van der Waals surface area contributed by atoms with Crippen molar-refractivity contribution in [2.75, 3.05) is 39.9 Å². The average molecular weight is 416 g/mol. The van der Waals surface area contributed by atoms with Crippen LogP contribution in [0.25, 0.3) is 0 Å². The molecule has 0 aromatic heterocycles. The summed E-state index contributed by atoms with van der Waals surface area (Å²) in [6, 6.07) is 6.82. The van der Waals surface area contributed by atoms with E-state index in [1.807, 2.05) is 24.0 Å². The maximum atomic E-state index is 13.3. The number of hydrogen-bond donors (Lipinski definition) is 1. The summed E-state index contributed by atoms with van der Waals surface area (Å²) >= 11 is 0. The summed E-state index contributed by atoms with van der Waals surface area (Å²) in [5, 5.41) is 3.03. The fourth-order valence-electron chi connectivity index (χ4n) is 4.32. The molecule has 2 heterocycles. The zero-order chi connectivity index (χ0) is 21.5. The summed E-state index contributed by atoms with van der Waals surface area (Å²) in [5.74, 6) is -0.223. The molecule has 0 saturated carbocycles. The molecule has 1 aromatic carbocycles. The normalized spacial score (nSPS) is 18.7. The van der Waals surface area contributed by atoms with Crippen LogP contribution in [0.3, 0.4) is 0 Å². The minimum absolute atomic E-state index is 0.0110. The third kappa shape index (κ3) is 5.59. The van der Waals surface area contributed by atoms with Crippen LogP contribution in [0, 0.1) is 12.8 Å². The number of carbonyl (C=O) groups is 3. The molecule has 7 nitrogen and oxygen atoms in total. The van der Waals surface area contributed by atoms with E-state index in [9.17, 15) is 14.4 Å². The standard InChI is InChI=1S/C23H33N3O4/c1-17-6-8-19(9-7-17)22(28)24-21(23(29)26-12-4-3-5-13-26)18-10-14-25(15-11-18)20(27)16-30-2/h6-9,18,21H,3-5,10-16H2,1-2H3,(H,24,28)/t21-/m0/s1. The first-order valence-electron chi connectivity index (χ1n) is 10.9. The lowest BCUT2D eigenvalue weighted by atomic mass is 9.87. The van der Waals surface area contributed by atoms with Crippen LogP contribution < -0.4 is 5.32 Å². The topological polar surface area (TPSA) is 79.0 Å². The van der Waals surface area contributed by atoms with Gasteiger partial charge in [0.2, 0.25) is 11.8 Å². The van der Waals surface area contributed by atoms with Gasteiger partial charge in [-0.15, -0.1) is 0 Å². The Kier molecular flexibility index (Phi) is 7.85. The van der Waals surface area contributed by atoms with Crippen LogP contribution in [0.5, 0.6) is 0 Å². The van der Waals surface area contributed by atoms with E-state index in [2.05, 4.69) is 5.32 Å². The lowest BCUT2D eigenvalue weighted by molar-refractivity contribution is -0.138. The van der Waals surface area contributed by atoms with Crippen LogP contribution in [-0.4, -0.2) is 73.5 Å². The number of nitrogens with one attached hydrogen (secondary N) is 1. The minimum atomic E-state index is -0.559. The number of aryl methyl sites for hydroxylation is 1. The van der Waals surface area contributed by atoms with Gasteiger partial charge in [0, 0.05) is 38.9 Å². The van der Waals surface area contributed by atoms with Gasteiger partial charge < -0.3 is 19.9 Å². The number of amides is 3. The number of benzene rings is 1. The fraction of sp³-hybridized carbons (Fsp3) is 0.609. The van der Waals surface area contributed by atoms with Gasteiger partial charge in [-0.2, -0.15) is 0 Å². The van der Waals surface area contributed by atoms with Crippen molar-refractivity contribution in [3.05, 3.63) is 35.4 Å². The molecule has 3 amide bonds. The average Bonchev–Trinajstić information content (AvgIpc) is 2.78. The smallest absolute Gasteiger partial charge is 0.251 e. The number of nitrogens with zero attached hydrogens (tertiary/aromatic N) is 2. The summed E-state index contributed by atoms with van der Waals surface area (Å²) in [6.45, 7) is 4.71. The van der Waals surface area contributed by atoms with E-state index in [1.54, 1.807) is 17.0 Å². The van der Waals surface area contributed by atoms with Gasteiger partial charge in [0.1, 0.15) is 12.6 Å². The molecule has 1 N–H and O–H groups in total. The first-order chi connectivity index (χ1) is 14.5. The van der Waals surface area contributed by atoms with E-state index < -0.39 is 6.04 Å². The van der Waals surface area contributed by atoms with Crippen LogP contribution in [0.1, 0.15) is 48.0 Å². The molecular formula is C23H33N3O4. The SMILES string of the molecule is COCC(=O)N1CCC([C@H](NC(=O)c2ccc(C)cc2)C(=O)N2CCCCC2)CC1. The first-order valence-corrected chi connectivity index (χ1v) is 10.9. The Morgan fingerprint density at radius 2 is 1.63 bits per heavy atom. The largest absolute Gasteiger partial charge is 0.375 e. The van der Waals surface area contributed by atoms with Gasteiger partial charge in [0.25, 0.3) is 5.91 Å². The number of ether oxygens (including phenoxy) is 1. The van der Waals surface area contributed by atoms with Crippen LogP contribution in [0.15, 0.2) is 24.3 Å². The second kappa shape index (κ2) is 10.6. The highest BCUT2D eigenvalue weighted by Crippen LogP contribution is 2.24. The van der Waals surface area contributed by atoms with Gasteiger partial charge in [-0.05, 0) is 57.1 Å². The predicted molar refractivity (Wildman–Crippen MR) is 114 cm³/mol. The summed E-state index contributed by atoms with van der Waals surface area (Å²) in [5.41, 5.74) is 1.64. The maximum absolute atomic E-state index is 13.3. The fourth-order valence-corrected chi connectivity index (χ4v) is 4.32. The summed E-state index contributed by atoms with van der Waals surface area (Å²) in [6.07, 6.45) is 4.54. The van der Waals surface area contributed by atoms with Gasteiger partial charge in [0.05, 0.1) is 0 Å². The molecular weight excluding hydrogens is 382 g/mol. The number of piperidine rings is 2. The molecule has 3 rings (SSSR count). The highest BCUT2D eigenvalue weighted by atomic mass is 16.5. The highest BCUT2D eigenvalue weighted by Gasteiger charge is 2.36. The number of rotatable bonds is 6. The molecule has 7 heteroatoms. The Hall–Kier alpha value is -2.41. The lowest BCUT2D eigenvalue weighted by Gasteiger charge is -2.38. The van der Waals surface area contributed by atoms with E-state index >= 15 is 0 Å². The predicted octanol–water partition coefficient (Wildman–Crippen LogP) is 1.99. The summed E-state index contributed by atoms with van der Waals surface area (Å²) in [4.78, 5) is 42.0. The molecule has 0 unspecified atom stereocenters. The molecule has 0 spiro atoms. The Morgan fingerprint density at radius 1 is 1.00 bits per heavy atom. The van der Waals surface area contributed by atoms with Gasteiger partial charge in [-0.3, -0.25) is 14.4 Å². The number of carbonyl (C=O) groups excluding carboxylic acids is 3. The molecule has 30 heavy (non-hydrogen) atoms. The van der Waals surface area contributed by atoms with Gasteiger partial charge in [0.15, 0.2) is 0 Å². The van der Waals surface area contributed by atoms with Crippen LogP contribution >= 0.6 is 0 Å². The molecule has 0 radical (unpaired) electrons. The van der Waals surface area contributed by atoms with E-state index in [1.165, 1.54) is 7.11 Å². The molecule has 2 saturated heterocycles. The Bertz CT molecular complexity index is 735. The van der Waals surface area contributed by atoms with Crippen molar-refractivity contribution >= 4 is 17.7 Å². The third-order valence-corrected chi connectivity index (χ3v) is 6.17. The monoisotopic (exact) mass is 415 g/mol. The molecule has 2 aliphatic rings. The van der Waals surface area contributed by atoms with Crippen molar-refractivity contribution in [2.24, 2.45) is 5.92 Å². The van der Waals surface area contributed by atoms with Crippen molar-refractivity contribution in [1.82, 2.24) is 15.1 Å². The second-order valence-corrected chi connectivity index (χ2v) is 8.35. The number of methoxy groups -OCH3 is 1. The van der Waals surface area contributed by atoms with Gasteiger partial charge in [-0.25, -0.2) is 0 Å². The van der Waals surface area contributed by atoms with E-state index in [0.717, 1.165) is 37.9 Å². The third-order valence-electron chi connectivity index (χ3n) is 6.17. The van der Waals surface area contributed by atoms with Crippen molar-refractivity contribution < 1.29 is 19.1 Å². The van der Waals surface area contributed by atoms with Crippen molar-refractivity contribution in [1.29, 1.82) is 0 Å². The molecule has 1 aromatic rings. The lowest BCUT2D eigenvalue weighted by Crippen LogP contribution is -2.55. The summed E-state index contributed by atoms with van der Waals surface area (Å²) in [7, 11) is 1.51. The Balaban J connectivity index is 1.71. The van der Waals surface area contributed by atoms with Crippen LogP contribution in [-0.2, 0) is 14.3 Å². The van der Waals surface area contributed by atoms with Gasteiger partial charge >= 0.3 is 0 Å². The molecule has 164 valence electrons. The Morgan fingerprint density at radius 3 is 2.23 bits per heavy atom. The Labute approximate surface area is 178 Å². The quantitative estimate of drug-likeness (QED) is 0.771. The van der Waals surface area contributed by atoms with Crippen LogP contribution in [0.4, 0.5) is 0 Å². The second-order valence-electron chi connectivity index (χ2n) is 8.35. The highest BCUT2D eigenvalue weighted by molar-refractivity contribution is 5.97. The van der Waals surface area contributed by atoms with E-state index in [0.29, 0.717) is 31.5 Å². The molecule has 1 atom stereocenters. The number of likely N-dealkylation sites (tertiary alicyclic amines) is 2. The zero-order valence-corrected chi connectivity index (χ0v) is 18.1. The number of hydrogen-bond acceptors (Lipinski definition) is 4. The molecule has 0 aliphatic carbocycles.